The summed E-state index contributed by atoms with van der Waals surface area (Å²) in [7, 11) is 0. The minimum Gasteiger partial charge on any atom is -0.423 e. The Morgan fingerprint density at radius 2 is 2.00 bits per heavy atom. The van der Waals surface area contributed by atoms with Gasteiger partial charge >= 0.3 is 11.7 Å². The third-order valence-electron chi connectivity index (χ3n) is 3.99. The molecule has 0 radical (unpaired) electrons. The summed E-state index contributed by atoms with van der Waals surface area (Å²) < 4.78 is 5.03. The van der Waals surface area contributed by atoms with Gasteiger partial charge in [-0.15, -0.1) is 0 Å². The molecule has 22 heavy (non-hydrogen) atoms. The monoisotopic (exact) mass is 302 g/mol. The third kappa shape index (κ3) is 3.28. The van der Waals surface area contributed by atoms with E-state index in [1.54, 1.807) is 24.3 Å². The molecule has 3 rings (SSSR count). The molecule has 1 fully saturated rings. The number of benzene rings is 1. The quantitative estimate of drug-likeness (QED) is 0.758. The van der Waals surface area contributed by atoms with Gasteiger partial charge in [0.2, 0.25) is 0 Å². The molecular weight excluding hydrogens is 284 g/mol. The largest absolute Gasteiger partial charge is 0.423 e. The van der Waals surface area contributed by atoms with Crippen molar-refractivity contribution in [2.45, 2.75) is 31.3 Å². The lowest BCUT2D eigenvalue weighted by atomic mass is 10.0. The van der Waals surface area contributed by atoms with Crippen LogP contribution in [0.1, 0.15) is 25.7 Å². The van der Waals surface area contributed by atoms with Gasteiger partial charge in [-0.05, 0) is 37.1 Å². The number of fused-ring (bicyclic) bond motifs is 1. The molecular formula is C16H18N2O4. The molecule has 1 aromatic carbocycles. The first-order valence-corrected chi connectivity index (χ1v) is 7.35. The van der Waals surface area contributed by atoms with Crippen LogP contribution in [-0.4, -0.2) is 23.3 Å². The lowest BCUT2D eigenvalue weighted by Crippen LogP contribution is -2.42. The van der Waals surface area contributed by atoms with Gasteiger partial charge in [-0.1, -0.05) is 12.8 Å². The Hall–Kier alpha value is -2.34. The molecule has 1 aliphatic carbocycles. The predicted molar refractivity (Wildman–Crippen MR) is 82.9 cm³/mol. The predicted octanol–water partition coefficient (Wildman–Crippen LogP) is 2.22. The summed E-state index contributed by atoms with van der Waals surface area (Å²) in [4.78, 5) is 23.0. The second-order valence-electron chi connectivity index (χ2n) is 5.75. The van der Waals surface area contributed by atoms with Crippen molar-refractivity contribution < 1.29 is 14.3 Å². The number of aliphatic hydroxyl groups is 1. The zero-order chi connectivity index (χ0) is 15.6. The molecule has 2 amide bonds. The van der Waals surface area contributed by atoms with Crippen LogP contribution in [-0.2, 0) is 0 Å². The molecule has 6 heteroatoms. The van der Waals surface area contributed by atoms with Gasteiger partial charge in [0.15, 0.2) is 0 Å². The van der Waals surface area contributed by atoms with Crippen molar-refractivity contribution >= 4 is 22.7 Å². The molecule has 3 N–H and O–H groups in total. The average molecular weight is 302 g/mol. The van der Waals surface area contributed by atoms with Crippen molar-refractivity contribution in [2.24, 2.45) is 0 Å². The number of hydrogen-bond acceptors (Lipinski definition) is 4. The van der Waals surface area contributed by atoms with Gasteiger partial charge in [0, 0.05) is 23.7 Å². The van der Waals surface area contributed by atoms with Crippen LogP contribution in [0.4, 0.5) is 10.5 Å². The summed E-state index contributed by atoms with van der Waals surface area (Å²) in [6, 6.07) is 7.64. The molecule has 0 spiro atoms. The SMILES string of the molecule is O=C(NCC1(O)CCCC1)Nc1ccc2oc(=O)ccc2c1. The number of carbonyl (C=O) groups excluding carboxylic acids is 1. The summed E-state index contributed by atoms with van der Waals surface area (Å²) in [5.41, 5.74) is -0.115. The molecule has 6 nitrogen and oxygen atoms in total. The maximum absolute atomic E-state index is 11.9. The van der Waals surface area contributed by atoms with Gasteiger partial charge in [0.1, 0.15) is 5.58 Å². The van der Waals surface area contributed by atoms with Crippen molar-refractivity contribution in [1.82, 2.24) is 5.32 Å². The fraction of sp³-hybridized carbons (Fsp3) is 0.375. The summed E-state index contributed by atoms with van der Waals surface area (Å²) >= 11 is 0. The van der Waals surface area contributed by atoms with Gasteiger partial charge in [-0.25, -0.2) is 9.59 Å². The smallest absolute Gasteiger partial charge is 0.336 e. The van der Waals surface area contributed by atoms with E-state index in [9.17, 15) is 14.7 Å². The van der Waals surface area contributed by atoms with Crippen molar-refractivity contribution in [3.63, 3.8) is 0 Å². The van der Waals surface area contributed by atoms with E-state index in [4.69, 9.17) is 4.42 Å². The van der Waals surface area contributed by atoms with E-state index in [1.165, 1.54) is 6.07 Å². The van der Waals surface area contributed by atoms with E-state index in [0.717, 1.165) is 31.1 Å². The summed E-state index contributed by atoms with van der Waals surface area (Å²) in [6.07, 6.45) is 3.44. The number of carbonyl (C=O) groups is 1. The first-order chi connectivity index (χ1) is 10.5. The van der Waals surface area contributed by atoms with Crippen molar-refractivity contribution in [1.29, 1.82) is 0 Å². The minimum atomic E-state index is -0.774. The lowest BCUT2D eigenvalue weighted by Gasteiger charge is -2.22. The summed E-state index contributed by atoms with van der Waals surface area (Å²) in [5.74, 6) is 0. The highest BCUT2D eigenvalue weighted by molar-refractivity contribution is 5.92. The molecule has 1 saturated carbocycles. The lowest BCUT2D eigenvalue weighted by molar-refractivity contribution is 0.0506. The van der Waals surface area contributed by atoms with Crippen LogP contribution in [0.2, 0.25) is 0 Å². The molecule has 0 saturated heterocycles. The molecule has 2 aromatic rings. The number of amides is 2. The van der Waals surface area contributed by atoms with Gasteiger partial charge < -0.3 is 20.2 Å². The molecule has 0 atom stereocenters. The normalized spacial score (nSPS) is 16.6. The fourth-order valence-electron chi connectivity index (χ4n) is 2.78. The van der Waals surface area contributed by atoms with E-state index in [2.05, 4.69) is 10.6 Å². The second-order valence-corrected chi connectivity index (χ2v) is 5.75. The molecule has 0 unspecified atom stereocenters. The first-order valence-electron chi connectivity index (χ1n) is 7.35. The van der Waals surface area contributed by atoms with E-state index in [1.807, 2.05) is 0 Å². The number of rotatable bonds is 3. The molecule has 0 bridgehead atoms. The van der Waals surface area contributed by atoms with Gasteiger partial charge in [-0.3, -0.25) is 0 Å². The molecule has 0 aliphatic heterocycles. The molecule has 1 aromatic heterocycles. The second kappa shape index (κ2) is 5.81. The van der Waals surface area contributed by atoms with Crippen molar-refractivity contribution in [3.8, 4) is 0 Å². The van der Waals surface area contributed by atoms with Gasteiger partial charge in [0.05, 0.1) is 5.60 Å². The maximum Gasteiger partial charge on any atom is 0.336 e. The van der Waals surface area contributed by atoms with Crippen LogP contribution >= 0.6 is 0 Å². The third-order valence-corrected chi connectivity index (χ3v) is 3.99. The zero-order valence-corrected chi connectivity index (χ0v) is 12.1. The van der Waals surface area contributed by atoms with Crippen LogP contribution < -0.4 is 16.3 Å². The molecule has 116 valence electrons. The molecule has 1 heterocycles. The minimum absolute atomic E-state index is 0.251. The Morgan fingerprint density at radius 1 is 1.23 bits per heavy atom. The summed E-state index contributed by atoms with van der Waals surface area (Å²) in [5, 5.41) is 16.3. The highest BCUT2D eigenvalue weighted by Crippen LogP contribution is 2.28. The van der Waals surface area contributed by atoms with E-state index < -0.39 is 11.2 Å². The Kier molecular flexibility index (Phi) is 3.85. The Labute approximate surface area is 127 Å². The Bertz CT molecular complexity index is 747. The number of urea groups is 1. The van der Waals surface area contributed by atoms with E-state index >= 15 is 0 Å². The van der Waals surface area contributed by atoms with Crippen LogP contribution in [0.25, 0.3) is 11.0 Å². The van der Waals surface area contributed by atoms with E-state index in [-0.39, 0.29) is 12.6 Å². The zero-order valence-electron chi connectivity index (χ0n) is 12.1. The maximum atomic E-state index is 11.9. The first kappa shape index (κ1) is 14.6. The highest BCUT2D eigenvalue weighted by Gasteiger charge is 2.31. The topological polar surface area (TPSA) is 91.6 Å². The number of nitrogens with one attached hydrogen (secondary N) is 2. The van der Waals surface area contributed by atoms with Gasteiger partial charge in [-0.2, -0.15) is 0 Å². The van der Waals surface area contributed by atoms with Gasteiger partial charge in [0.25, 0.3) is 0 Å². The molecule has 1 aliphatic rings. The van der Waals surface area contributed by atoms with Crippen molar-refractivity contribution in [2.75, 3.05) is 11.9 Å². The van der Waals surface area contributed by atoms with Crippen LogP contribution in [0.15, 0.2) is 39.5 Å². The van der Waals surface area contributed by atoms with Crippen LogP contribution in [0, 0.1) is 0 Å². The van der Waals surface area contributed by atoms with Crippen LogP contribution in [0.5, 0.6) is 0 Å². The van der Waals surface area contributed by atoms with Crippen molar-refractivity contribution in [3.05, 3.63) is 40.8 Å². The average Bonchev–Trinajstić information content (AvgIpc) is 2.93. The standard InChI is InChI=1S/C16H18N2O4/c19-14-6-3-11-9-12(4-5-13(11)22-14)18-15(20)17-10-16(21)7-1-2-8-16/h3-6,9,21H,1-2,7-8,10H2,(H2,17,18,20). The highest BCUT2D eigenvalue weighted by atomic mass is 16.4. The van der Waals surface area contributed by atoms with Crippen LogP contribution in [0.3, 0.4) is 0 Å². The Balaban J connectivity index is 1.63. The fourth-order valence-corrected chi connectivity index (χ4v) is 2.78. The number of anilines is 1. The van der Waals surface area contributed by atoms with E-state index in [0.29, 0.717) is 11.3 Å². The number of hydrogen-bond donors (Lipinski definition) is 3. The summed E-state index contributed by atoms with van der Waals surface area (Å²) in [6.45, 7) is 0.251. The Morgan fingerprint density at radius 3 is 2.77 bits per heavy atom.